The predicted octanol–water partition coefficient (Wildman–Crippen LogP) is 2.20. The number of amides is 1. The van der Waals surface area contributed by atoms with Gasteiger partial charge in [-0.2, -0.15) is 0 Å². The van der Waals surface area contributed by atoms with E-state index in [1.165, 1.54) is 32.1 Å². The Morgan fingerprint density at radius 2 is 1.47 bits per heavy atom. The highest BCUT2D eigenvalue weighted by Crippen LogP contribution is 2.24. The Morgan fingerprint density at radius 1 is 0.941 bits per heavy atom. The van der Waals surface area contributed by atoms with Gasteiger partial charge in [-0.3, -0.25) is 4.79 Å². The van der Waals surface area contributed by atoms with E-state index in [0.717, 1.165) is 39.0 Å². The molecule has 0 atom stereocenters. The highest BCUT2D eigenvalue weighted by atomic mass is 35.5. The van der Waals surface area contributed by atoms with Crippen LogP contribution in [0.4, 0.5) is 0 Å². The molecule has 0 radical (unpaired) electrons. The molecule has 1 aliphatic carbocycles. The van der Waals surface area contributed by atoms with Crippen LogP contribution in [0.2, 0.25) is 0 Å². The monoisotopic (exact) mass is 260 g/mol. The molecule has 0 aromatic carbocycles. The quantitative estimate of drug-likeness (QED) is 0.784. The predicted molar refractivity (Wildman–Crippen MR) is 72.5 cm³/mol. The molecule has 0 aromatic rings. The molecule has 1 saturated carbocycles. The van der Waals surface area contributed by atoms with E-state index >= 15 is 0 Å². The molecule has 1 amide bonds. The maximum Gasteiger partial charge on any atom is 0.225 e. The normalized spacial score (nSPS) is 23.4. The lowest BCUT2D eigenvalue weighted by molar-refractivity contribution is -0.136. The Morgan fingerprint density at radius 3 is 2.06 bits per heavy atom. The number of rotatable bonds is 1. The van der Waals surface area contributed by atoms with Crippen molar-refractivity contribution in [1.29, 1.82) is 0 Å². The second-order valence-electron chi connectivity index (χ2n) is 5.12. The molecule has 2 fully saturated rings. The van der Waals surface area contributed by atoms with Crippen molar-refractivity contribution in [3.8, 4) is 0 Å². The molecule has 1 N–H and O–H groups in total. The Labute approximate surface area is 111 Å². The van der Waals surface area contributed by atoms with Gasteiger partial charge >= 0.3 is 0 Å². The first kappa shape index (κ1) is 14.8. The maximum absolute atomic E-state index is 12.3. The van der Waals surface area contributed by atoms with E-state index in [9.17, 15) is 4.79 Å². The molecule has 0 bridgehead atoms. The average Bonchev–Trinajstić information content (AvgIpc) is 2.29. The van der Waals surface area contributed by atoms with Gasteiger partial charge in [-0.25, -0.2) is 0 Å². The van der Waals surface area contributed by atoms with Crippen LogP contribution in [0.5, 0.6) is 0 Å². The zero-order valence-corrected chi connectivity index (χ0v) is 11.4. The van der Waals surface area contributed by atoms with Gasteiger partial charge in [0, 0.05) is 32.1 Å². The zero-order valence-electron chi connectivity index (χ0n) is 10.6. The number of halogens is 1. The van der Waals surface area contributed by atoms with Crippen molar-refractivity contribution in [2.24, 2.45) is 5.92 Å². The van der Waals surface area contributed by atoms with Gasteiger partial charge in [0.25, 0.3) is 0 Å². The highest BCUT2D eigenvalue weighted by molar-refractivity contribution is 5.85. The van der Waals surface area contributed by atoms with Crippen LogP contribution in [-0.2, 0) is 4.79 Å². The second kappa shape index (κ2) is 7.93. The molecule has 100 valence electrons. The van der Waals surface area contributed by atoms with E-state index in [4.69, 9.17) is 0 Å². The van der Waals surface area contributed by atoms with Crippen LogP contribution in [0, 0.1) is 5.92 Å². The number of nitrogens with one attached hydrogen (secondary N) is 1. The number of hydrogen-bond donors (Lipinski definition) is 1. The molecule has 4 heteroatoms. The topological polar surface area (TPSA) is 32.3 Å². The Balaban J connectivity index is 0.00000144. The van der Waals surface area contributed by atoms with E-state index in [0.29, 0.717) is 11.8 Å². The molecule has 17 heavy (non-hydrogen) atoms. The highest BCUT2D eigenvalue weighted by Gasteiger charge is 2.25. The molecule has 1 aliphatic heterocycles. The van der Waals surface area contributed by atoms with E-state index in [1.807, 2.05) is 0 Å². The molecule has 3 nitrogen and oxygen atoms in total. The van der Waals surface area contributed by atoms with Gasteiger partial charge in [-0.15, -0.1) is 12.4 Å². The number of hydrogen-bond acceptors (Lipinski definition) is 2. The second-order valence-corrected chi connectivity index (χ2v) is 5.12. The van der Waals surface area contributed by atoms with E-state index in [1.54, 1.807) is 0 Å². The van der Waals surface area contributed by atoms with Crippen molar-refractivity contribution in [3.05, 3.63) is 0 Å². The van der Waals surface area contributed by atoms with Crippen LogP contribution in [0.1, 0.15) is 44.9 Å². The summed E-state index contributed by atoms with van der Waals surface area (Å²) in [4.78, 5) is 14.4. The molecule has 0 spiro atoms. The third-order valence-corrected chi connectivity index (χ3v) is 3.88. The summed E-state index contributed by atoms with van der Waals surface area (Å²) >= 11 is 0. The molecular weight excluding hydrogens is 236 g/mol. The van der Waals surface area contributed by atoms with E-state index < -0.39 is 0 Å². The van der Waals surface area contributed by atoms with E-state index in [-0.39, 0.29) is 12.4 Å². The number of nitrogens with zero attached hydrogens (tertiary/aromatic N) is 1. The van der Waals surface area contributed by atoms with Crippen LogP contribution in [0.15, 0.2) is 0 Å². The molecule has 2 rings (SSSR count). The SMILES string of the molecule is Cl.O=C(C1CCCCCCC1)N1CCNCC1. The van der Waals surface area contributed by atoms with Gasteiger partial charge in [0.05, 0.1) is 0 Å². The van der Waals surface area contributed by atoms with Crippen molar-refractivity contribution in [2.45, 2.75) is 44.9 Å². The lowest BCUT2D eigenvalue weighted by Gasteiger charge is -2.31. The fraction of sp³-hybridized carbons (Fsp3) is 0.923. The summed E-state index contributed by atoms with van der Waals surface area (Å²) in [5.74, 6) is 0.766. The van der Waals surface area contributed by atoms with Crippen LogP contribution in [-0.4, -0.2) is 37.0 Å². The molecule has 1 saturated heterocycles. The Kier molecular flexibility index (Phi) is 6.90. The van der Waals surface area contributed by atoms with Gasteiger partial charge in [0.2, 0.25) is 5.91 Å². The zero-order chi connectivity index (χ0) is 11.2. The van der Waals surface area contributed by atoms with Crippen molar-refractivity contribution in [3.63, 3.8) is 0 Å². The summed E-state index contributed by atoms with van der Waals surface area (Å²) in [7, 11) is 0. The van der Waals surface area contributed by atoms with Crippen LogP contribution in [0.3, 0.4) is 0 Å². The van der Waals surface area contributed by atoms with Gasteiger partial charge in [-0.05, 0) is 12.8 Å². The maximum atomic E-state index is 12.3. The fourth-order valence-corrected chi connectivity index (χ4v) is 2.85. The summed E-state index contributed by atoms with van der Waals surface area (Å²) in [6, 6.07) is 0. The first-order valence-electron chi connectivity index (χ1n) is 6.87. The third kappa shape index (κ3) is 4.47. The lowest BCUT2D eigenvalue weighted by atomic mass is 9.90. The number of piperazine rings is 1. The molecule has 0 unspecified atom stereocenters. The minimum Gasteiger partial charge on any atom is -0.340 e. The largest absolute Gasteiger partial charge is 0.340 e. The fourth-order valence-electron chi connectivity index (χ4n) is 2.85. The average molecular weight is 261 g/mol. The van der Waals surface area contributed by atoms with Crippen molar-refractivity contribution in [2.75, 3.05) is 26.2 Å². The smallest absolute Gasteiger partial charge is 0.225 e. The third-order valence-electron chi connectivity index (χ3n) is 3.88. The van der Waals surface area contributed by atoms with Gasteiger partial charge in [0.15, 0.2) is 0 Å². The van der Waals surface area contributed by atoms with Crippen LogP contribution >= 0.6 is 12.4 Å². The molecule has 0 aromatic heterocycles. The summed E-state index contributed by atoms with van der Waals surface area (Å²) in [5.41, 5.74) is 0. The molecule has 2 aliphatic rings. The van der Waals surface area contributed by atoms with E-state index in [2.05, 4.69) is 10.2 Å². The lowest BCUT2D eigenvalue weighted by Crippen LogP contribution is -2.48. The standard InChI is InChI=1S/C13H24N2O.ClH/c16-13(15-10-8-14-9-11-15)12-6-4-2-1-3-5-7-12;/h12,14H,1-11H2;1H. The number of carbonyl (C=O) groups excluding carboxylic acids is 1. The van der Waals surface area contributed by atoms with Crippen LogP contribution in [0.25, 0.3) is 0 Å². The van der Waals surface area contributed by atoms with Gasteiger partial charge < -0.3 is 10.2 Å². The summed E-state index contributed by atoms with van der Waals surface area (Å²) in [6.45, 7) is 3.77. The minimum absolute atomic E-state index is 0. The van der Waals surface area contributed by atoms with Gasteiger partial charge in [-0.1, -0.05) is 32.1 Å². The number of carbonyl (C=O) groups is 1. The Hall–Kier alpha value is -0.280. The first-order chi connectivity index (χ1) is 7.88. The molecule has 1 heterocycles. The summed E-state index contributed by atoms with van der Waals surface area (Å²) in [6.07, 6.45) is 8.78. The Bertz CT molecular complexity index is 221. The first-order valence-corrected chi connectivity index (χ1v) is 6.87. The van der Waals surface area contributed by atoms with Crippen molar-refractivity contribution < 1.29 is 4.79 Å². The van der Waals surface area contributed by atoms with Crippen LogP contribution < -0.4 is 5.32 Å². The molecular formula is C13H25ClN2O. The van der Waals surface area contributed by atoms with Gasteiger partial charge in [0.1, 0.15) is 0 Å². The van der Waals surface area contributed by atoms with Crippen molar-refractivity contribution >= 4 is 18.3 Å². The van der Waals surface area contributed by atoms with Crippen molar-refractivity contribution in [1.82, 2.24) is 10.2 Å². The minimum atomic E-state index is 0. The summed E-state index contributed by atoms with van der Waals surface area (Å²) < 4.78 is 0. The summed E-state index contributed by atoms with van der Waals surface area (Å²) in [5, 5.41) is 3.30.